The summed E-state index contributed by atoms with van der Waals surface area (Å²) in [5.41, 5.74) is 8.46. The molecule has 102 valence electrons. The number of aliphatic hydroxyl groups is 2. The molecule has 0 aliphatic carbocycles. The number of aromatic nitrogens is 2. The Hall–Kier alpha value is -1.92. The molecular formula is C11H14N4O4. The number of anilines is 1. The first-order valence-electron chi connectivity index (χ1n) is 6.28. The number of hydrogen-bond donors (Lipinski definition) is 4. The lowest BCUT2D eigenvalue weighted by Gasteiger charge is -2.27. The van der Waals surface area contributed by atoms with E-state index in [9.17, 15) is 15.0 Å². The summed E-state index contributed by atoms with van der Waals surface area (Å²) < 4.78 is 20.6. The van der Waals surface area contributed by atoms with Crippen molar-refractivity contribution in [3.63, 3.8) is 0 Å². The summed E-state index contributed by atoms with van der Waals surface area (Å²) in [6.45, 7) is -2.90. The maximum absolute atomic E-state index is 11.8. The van der Waals surface area contributed by atoms with E-state index in [1.807, 2.05) is 0 Å². The lowest BCUT2D eigenvalue weighted by atomic mass is 9.92. The Bertz CT molecular complexity index is 653. The standard InChI is InChI=1S/C11H14N4O4/c1-2-11(13)8(17)6(5-16)19-9(11)15-4-3-7(12)14-10(15)18/h1,3-4,6,8-9,16-17H,5,13H2,(H2,12,14,18)/t6-,8+,9-,11?/m1/s1/i5D2. The van der Waals surface area contributed by atoms with Crippen molar-refractivity contribution >= 4 is 5.82 Å². The Labute approximate surface area is 111 Å². The lowest BCUT2D eigenvalue weighted by Crippen LogP contribution is -2.54. The summed E-state index contributed by atoms with van der Waals surface area (Å²) in [5.74, 6) is 2.05. The zero-order chi connectivity index (χ0) is 16.0. The van der Waals surface area contributed by atoms with Crippen molar-refractivity contribution in [3.05, 3.63) is 22.7 Å². The number of hydrogen-bond acceptors (Lipinski definition) is 7. The highest BCUT2D eigenvalue weighted by Crippen LogP contribution is 2.35. The van der Waals surface area contributed by atoms with Crippen LogP contribution in [-0.2, 0) is 4.74 Å². The highest BCUT2D eigenvalue weighted by Gasteiger charge is 2.54. The highest BCUT2D eigenvalue weighted by molar-refractivity contribution is 5.26. The van der Waals surface area contributed by atoms with Crippen molar-refractivity contribution < 1.29 is 17.7 Å². The molecule has 0 aromatic carbocycles. The van der Waals surface area contributed by atoms with E-state index in [4.69, 9.17) is 25.4 Å². The van der Waals surface area contributed by atoms with Crippen molar-refractivity contribution in [2.45, 2.75) is 24.0 Å². The van der Waals surface area contributed by atoms with E-state index in [0.29, 0.717) is 0 Å². The fourth-order valence-corrected chi connectivity index (χ4v) is 1.88. The zero-order valence-electron chi connectivity index (χ0n) is 11.7. The molecule has 0 amide bonds. The van der Waals surface area contributed by atoms with Gasteiger partial charge in [-0.25, -0.2) is 4.79 Å². The average Bonchev–Trinajstić information content (AvgIpc) is 2.63. The van der Waals surface area contributed by atoms with Crippen LogP contribution < -0.4 is 17.2 Å². The molecule has 0 saturated carbocycles. The SMILES string of the molecule is [2H]C([2H])(O)[C@H]1O[C@@H](n2ccc(N)nc2=O)C(N)(C#C)[C@H]1O. The molecule has 2 heterocycles. The molecule has 1 aliphatic heterocycles. The second-order valence-corrected chi connectivity index (χ2v) is 4.10. The Balaban J connectivity index is 2.53. The molecule has 1 aromatic heterocycles. The third-order valence-corrected chi connectivity index (χ3v) is 2.94. The Kier molecular flexibility index (Phi) is 2.67. The maximum atomic E-state index is 11.8. The normalized spacial score (nSPS) is 36.4. The second kappa shape index (κ2) is 4.64. The number of nitrogen functional groups attached to an aromatic ring is 1. The van der Waals surface area contributed by atoms with Crippen LogP contribution in [0.15, 0.2) is 17.1 Å². The minimum atomic E-state index is -2.90. The molecule has 1 fully saturated rings. The molecule has 8 heteroatoms. The minimum Gasteiger partial charge on any atom is -0.394 e. The van der Waals surface area contributed by atoms with Gasteiger partial charge in [-0.2, -0.15) is 4.98 Å². The number of rotatable bonds is 2. The fraction of sp³-hybridized carbons (Fsp3) is 0.455. The predicted molar refractivity (Wildman–Crippen MR) is 65.7 cm³/mol. The van der Waals surface area contributed by atoms with Crippen molar-refractivity contribution in [2.24, 2.45) is 5.73 Å². The molecule has 4 atom stereocenters. The lowest BCUT2D eigenvalue weighted by molar-refractivity contribution is -0.0476. The van der Waals surface area contributed by atoms with Crippen molar-refractivity contribution in [1.82, 2.24) is 9.55 Å². The van der Waals surface area contributed by atoms with Gasteiger partial charge in [0.05, 0.1) is 9.30 Å². The van der Waals surface area contributed by atoms with Crippen molar-refractivity contribution in [2.75, 3.05) is 12.3 Å². The summed E-state index contributed by atoms with van der Waals surface area (Å²) >= 11 is 0. The van der Waals surface area contributed by atoms with Gasteiger partial charge in [-0.15, -0.1) is 6.42 Å². The molecule has 8 nitrogen and oxygen atoms in total. The van der Waals surface area contributed by atoms with Gasteiger partial charge in [-0.05, 0) is 6.07 Å². The van der Waals surface area contributed by atoms with E-state index in [2.05, 4.69) is 10.9 Å². The summed E-state index contributed by atoms with van der Waals surface area (Å²) in [6.07, 6.45) is 1.62. The topological polar surface area (TPSA) is 137 Å². The van der Waals surface area contributed by atoms with E-state index < -0.39 is 36.2 Å². The highest BCUT2D eigenvalue weighted by atomic mass is 16.5. The molecule has 19 heavy (non-hydrogen) atoms. The van der Waals surface area contributed by atoms with E-state index >= 15 is 0 Å². The van der Waals surface area contributed by atoms with Crippen LogP contribution >= 0.6 is 0 Å². The van der Waals surface area contributed by atoms with Gasteiger partial charge in [0.15, 0.2) is 11.8 Å². The van der Waals surface area contributed by atoms with Crippen LogP contribution in [0.4, 0.5) is 5.82 Å². The third kappa shape index (κ3) is 1.98. The van der Waals surface area contributed by atoms with Gasteiger partial charge < -0.3 is 26.4 Å². The van der Waals surface area contributed by atoms with Gasteiger partial charge in [0.1, 0.15) is 18.0 Å². The van der Waals surface area contributed by atoms with Crippen LogP contribution in [0.25, 0.3) is 0 Å². The predicted octanol–water partition coefficient (Wildman–Crippen LogP) is -2.59. The van der Waals surface area contributed by atoms with Crippen molar-refractivity contribution in [3.8, 4) is 12.3 Å². The van der Waals surface area contributed by atoms with E-state index in [1.54, 1.807) is 0 Å². The number of ether oxygens (including phenoxy) is 1. The summed E-state index contributed by atoms with van der Waals surface area (Å²) in [6, 6.07) is 1.29. The van der Waals surface area contributed by atoms with Gasteiger partial charge in [-0.3, -0.25) is 4.57 Å². The Morgan fingerprint density at radius 3 is 3.00 bits per heavy atom. The van der Waals surface area contributed by atoms with Crippen molar-refractivity contribution in [1.29, 1.82) is 0 Å². The van der Waals surface area contributed by atoms with Crippen LogP contribution in [0, 0.1) is 12.3 Å². The van der Waals surface area contributed by atoms with Gasteiger partial charge in [0, 0.05) is 6.20 Å². The number of nitrogens with two attached hydrogens (primary N) is 2. The first-order valence-corrected chi connectivity index (χ1v) is 5.28. The molecule has 1 saturated heterocycles. The number of terminal acetylenes is 1. The van der Waals surface area contributed by atoms with Crippen LogP contribution in [-0.4, -0.2) is 44.1 Å². The smallest absolute Gasteiger partial charge is 0.351 e. The molecule has 1 aliphatic rings. The second-order valence-electron chi connectivity index (χ2n) is 4.10. The first kappa shape index (κ1) is 11.0. The Morgan fingerprint density at radius 2 is 2.47 bits per heavy atom. The summed E-state index contributed by atoms with van der Waals surface area (Å²) in [5, 5.41) is 19.5. The average molecular weight is 268 g/mol. The first-order chi connectivity index (χ1) is 9.61. The number of nitrogens with zero attached hydrogens (tertiary/aromatic N) is 2. The van der Waals surface area contributed by atoms with Crippen LogP contribution in [0.3, 0.4) is 0 Å². The number of aliphatic hydroxyl groups excluding tert-OH is 1. The molecule has 1 aromatic rings. The van der Waals surface area contributed by atoms with Crippen LogP contribution in [0.1, 0.15) is 8.97 Å². The van der Waals surface area contributed by atoms with Crippen LogP contribution in [0.5, 0.6) is 0 Å². The molecule has 1 unspecified atom stereocenters. The third-order valence-electron chi connectivity index (χ3n) is 2.94. The van der Waals surface area contributed by atoms with Gasteiger partial charge in [-0.1, -0.05) is 5.92 Å². The fourth-order valence-electron chi connectivity index (χ4n) is 1.88. The Morgan fingerprint density at radius 1 is 1.79 bits per heavy atom. The van der Waals surface area contributed by atoms with Crippen LogP contribution in [0.2, 0.25) is 0 Å². The zero-order valence-corrected chi connectivity index (χ0v) is 9.72. The minimum absolute atomic E-state index is 0.0350. The summed E-state index contributed by atoms with van der Waals surface area (Å²) in [4.78, 5) is 15.3. The molecule has 0 bridgehead atoms. The van der Waals surface area contributed by atoms with Gasteiger partial charge >= 0.3 is 5.69 Å². The van der Waals surface area contributed by atoms with Gasteiger partial charge in [0.2, 0.25) is 0 Å². The van der Waals surface area contributed by atoms with E-state index in [-0.39, 0.29) is 5.82 Å². The van der Waals surface area contributed by atoms with Gasteiger partial charge in [0.25, 0.3) is 0 Å². The molecule has 2 rings (SSSR count). The molecule has 0 radical (unpaired) electrons. The molecule has 6 N–H and O–H groups in total. The maximum Gasteiger partial charge on any atom is 0.351 e. The summed E-state index contributed by atoms with van der Waals surface area (Å²) in [7, 11) is 0. The molecule has 0 spiro atoms. The largest absolute Gasteiger partial charge is 0.394 e. The monoisotopic (exact) mass is 268 g/mol. The quantitative estimate of drug-likeness (QED) is 0.432. The van der Waals surface area contributed by atoms with E-state index in [0.717, 1.165) is 4.57 Å². The molecular weight excluding hydrogens is 252 g/mol. The van der Waals surface area contributed by atoms with E-state index in [1.165, 1.54) is 12.3 Å².